The van der Waals surface area contributed by atoms with E-state index in [4.69, 9.17) is 5.73 Å². The van der Waals surface area contributed by atoms with E-state index in [0.29, 0.717) is 0 Å². The SMILES string of the molecule is Nc1nnc2nc(CC(=O)c3cccc([N+](=O)[O-])c3)/c(=C/C(=O)c3cccc([N+](=O)[O-])c3)n12. The monoisotopic (exact) mass is 447 g/mol. The second kappa shape index (κ2) is 8.22. The predicted molar refractivity (Wildman–Crippen MR) is 113 cm³/mol. The zero-order valence-corrected chi connectivity index (χ0v) is 16.6. The summed E-state index contributed by atoms with van der Waals surface area (Å²) in [5.74, 6) is -1.11. The lowest BCUT2D eigenvalue weighted by Gasteiger charge is -2.00. The maximum absolute atomic E-state index is 12.8. The van der Waals surface area contributed by atoms with Crippen molar-refractivity contribution in [2.75, 3.05) is 5.73 Å². The molecule has 2 aromatic carbocycles. The minimum Gasteiger partial charge on any atom is -0.368 e. The van der Waals surface area contributed by atoms with Crippen molar-refractivity contribution in [2.24, 2.45) is 0 Å². The van der Waals surface area contributed by atoms with Crippen LogP contribution in [0.5, 0.6) is 0 Å². The molecule has 0 spiro atoms. The van der Waals surface area contributed by atoms with E-state index in [1.165, 1.54) is 40.8 Å². The van der Waals surface area contributed by atoms with Crippen molar-refractivity contribution in [1.29, 1.82) is 0 Å². The van der Waals surface area contributed by atoms with Crippen molar-refractivity contribution in [3.8, 4) is 0 Å². The van der Waals surface area contributed by atoms with Gasteiger partial charge in [0.05, 0.1) is 27.3 Å². The Labute approximate surface area is 183 Å². The van der Waals surface area contributed by atoms with Crippen LogP contribution in [0, 0.1) is 20.2 Å². The Bertz CT molecular complexity index is 1510. The highest BCUT2D eigenvalue weighted by molar-refractivity contribution is 6.17. The van der Waals surface area contributed by atoms with Crippen molar-refractivity contribution in [1.82, 2.24) is 19.6 Å². The van der Waals surface area contributed by atoms with E-state index >= 15 is 0 Å². The van der Waals surface area contributed by atoms with Crippen LogP contribution in [0.1, 0.15) is 26.4 Å². The molecule has 0 fully saturated rings. The van der Waals surface area contributed by atoms with Gasteiger partial charge < -0.3 is 5.73 Å². The van der Waals surface area contributed by atoms with Gasteiger partial charge >= 0.3 is 0 Å². The third kappa shape index (κ3) is 4.10. The third-order valence-corrected chi connectivity index (χ3v) is 4.76. The number of benzene rings is 2. The minimum absolute atomic E-state index is 0.0427. The van der Waals surface area contributed by atoms with Gasteiger partial charge in [-0.1, -0.05) is 24.3 Å². The molecular weight excluding hydrogens is 434 g/mol. The smallest absolute Gasteiger partial charge is 0.270 e. The second-order valence-electron chi connectivity index (χ2n) is 6.86. The van der Waals surface area contributed by atoms with Gasteiger partial charge in [-0.2, -0.15) is 0 Å². The Hall–Kier alpha value is -5.07. The summed E-state index contributed by atoms with van der Waals surface area (Å²) in [6, 6.07) is 10.4. The Morgan fingerprint density at radius 2 is 1.58 bits per heavy atom. The number of nitrogens with two attached hydrogens (primary N) is 1. The van der Waals surface area contributed by atoms with Crippen LogP contribution in [0.25, 0.3) is 11.9 Å². The summed E-state index contributed by atoms with van der Waals surface area (Å²) < 4.78 is 1.27. The molecule has 33 heavy (non-hydrogen) atoms. The quantitative estimate of drug-likeness (QED) is 0.246. The van der Waals surface area contributed by atoms with Crippen molar-refractivity contribution < 1.29 is 19.4 Å². The number of imidazole rings is 1. The fraction of sp³-hybridized carbons (Fsp3) is 0.0500. The molecule has 0 amide bonds. The van der Waals surface area contributed by atoms with Crippen molar-refractivity contribution in [3.63, 3.8) is 0 Å². The zero-order valence-electron chi connectivity index (χ0n) is 16.6. The minimum atomic E-state index is -0.625. The summed E-state index contributed by atoms with van der Waals surface area (Å²) in [6.45, 7) is 0. The molecule has 2 N–H and O–H groups in total. The number of nitrogens with zero attached hydrogens (tertiary/aromatic N) is 6. The van der Waals surface area contributed by atoms with E-state index in [9.17, 15) is 29.8 Å². The number of fused-ring (bicyclic) bond motifs is 1. The van der Waals surface area contributed by atoms with Crippen molar-refractivity contribution >= 4 is 40.7 Å². The Balaban J connectivity index is 1.77. The number of hydrogen-bond acceptors (Lipinski definition) is 10. The molecule has 13 nitrogen and oxygen atoms in total. The van der Waals surface area contributed by atoms with Gasteiger partial charge in [-0.05, 0) is 0 Å². The lowest BCUT2D eigenvalue weighted by atomic mass is 10.0. The number of nitro benzene ring substituents is 2. The van der Waals surface area contributed by atoms with Gasteiger partial charge in [-0.3, -0.25) is 29.8 Å². The lowest BCUT2D eigenvalue weighted by Crippen LogP contribution is -2.20. The Morgan fingerprint density at radius 3 is 2.21 bits per heavy atom. The van der Waals surface area contributed by atoms with Crippen LogP contribution in [0.4, 0.5) is 17.3 Å². The van der Waals surface area contributed by atoms with Crippen LogP contribution >= 0.6 is 0 Å². The van der Waals surface area contributed by atoms with Gasteiger partial charge in [0.1, 0.15) is 0 Å². The molecule has 13 heteroatoms. The van der Waals surface area contributed by atoms with Gasteiger partial charge in [0.2, 0.25) is 5.95 Å². The third-order valence-electron chi connectivity index (χ3n) is 4.76. The number of Topliss-reactive ketones (excluding diaryl/α,β-unsaturated/α-hetero) is 2. The molecule has 0 radical (unpaired) electrons. The molecule has 4 rings (SSSR count). The summed E-state index contributed by atoms with van der Waals surface area (Å²) in [5, 5.41) is 29.6. The average Bonchev–Trinajstić information content (AvgIpc) is 3.33. The molecule has 0 unspecified atom stereocenters. The first-order valence-electron chi connectivity index (χ1n) is 9.32. The number of nitrogen functional groups attached to an aromatic ring is 1. The molecule has 0 aliphatic rings. The van der Waals surface area contributed by atoms with Crippen LogP contribution in [-0.4, -0.2) is 41.0 Å². The fourth-order valence-electron chi connectivity index (χ4n) is 3.20. The largest absolute Gasteiger partial charge is 0.368 e. The molecule has 0 bridgehead atoms. The number of anilines is 1. The predicted octanol–water partition coefficient (Wildman–Crippen LogP) is 1.33. The molecule has 0 saturated carbocycles. The van der Waals surface area contributed by atoms with Gasteiger partial charge in [-0.25, -0.2) is 9.38 Å². The summed E-state index contributed by atoms with van der Waals surface area (Å²) in [6.07, 6.45) is 0.826. The number of aromatic nitrogens is 4. The number of carbonyl (C=O) groups is 2. The molecule has 4 aromatic rings. The summed E-state index contributed by atoms with van der Waals surface area (Å²) in [5.41, 5.74) is 5.60. The first-order chi connectivity index (χ1) is 15.7. The van der Waals surface area contributed by atoms with Gasteiger partial charge in [0.25, 0.3) is 17.2 Å². The topological polar surface area (TPSA) is 190 Å². The van der Waals surface area contributed by atoms with Crippen LogP contribution in [0.2, 0.25) is 0 Å². The van der Waals surface area contributed by atoms with Crippen molar-refractivity contribution in [2.45, 2.75) is 6.42 Å². The van der Waals surface area contributed by atoms with Crippen LogP contribution in [0.15, 0.2) is 48.5 Å². The van der Waals surface area contributed by atoms with E-state index < -0.39 is 21.4 Å². The fourth-order valence-corrected chi connectivity index (χ4v) is 3.20. The molecule has 0 aliphatic carbocycles. The lowest BCUT2D eigenvalue weighted by molar-refractivity contribution is -0.385. The molecule has 0 atom stereocenters. The van der Waals surface area contributed by atoms with E-state index in [1.807, 2.05) is 0 Å². The molecule has 2 heterocycles. The molecule has 0 saturated heterocycles. The van der Waals surface area contributed by atoms with Crippen LogP contribution in [-0.2, 0) is 6.42 Å². The first kappa shape index (κ1) is 21.2. The molecule has 0 aliphatic heterocycles. The summed E-state index contributed by atoms with van der Waals surface area (Å²) in [7, 11) is 0. The highest BCUT2D eigenvalue weighted by Gasteiger charge is 2.19. The Kier molecular flexibility index (Phi) is 5.27. The number of nitro groups is 2. The number of rotatable bonds is 7. The number of hydrogen-bond donors (Lipinski definition) is 1. The average molecular weight is 447 g/mol. The van der Waals surface area contributed by atoms with E-state index in [-0.39, 0.29) is 51.7 Å². The highest BCUT2D eigenvalue weighted by Crippen LogP contribution is 2.16. The molecular formula is C20H13N7O6. The maximum Gasteiger partial charge on any atom is 0.270 e. The maximum atomic E-state index is 12.8. The van der Waals surface area contributed by atoms with Gasteiger partial charge in [-0.15, -0.1) is 10.2 Å². The van der Waals surface area contributed by atoms with Gasteiger partial charge in [0.15, 0.2) is 11.6 Å². The van der Waals surface area contributed by atoms with Crippen LogP contribution < -0.4 is 11.1 Å². The normalized spacial score (nSPS) is 11.6. The zero-order chi connectivity index (χ0) is 23.7. The van der Waals surface area contributed by atoms with E-state index in [0.717, 1.165) is 18.2 Å². The van der Waals surface area contributed by atoms with Crippen molar-refractivity contribution in [3.05, 3.63) is 90.9 Å². The highest BCUT2D eigenvalue weighted by atomic mass is 16.6. The van der Waals surface area contributed by atoms with E-state index in [1.54, 1.807) is 0 Å². The molecule has 2 aromatic heterocycles. The Morgan fingerprint density at radius 1 is 0.970 bits per heavy atom. The second-order valence-corrected chi connectivity index (χ2v) is 6.86. The standard InChI is InChI=1S/C20H13N7O6/c21-19-23-24-20-22-15(9-17(28)11-3-1-5-13(7-11)26(30)31)16(25(19)20)10-18(29)12-4-2-6-14(8-12)27(32)33/h1-8,10H,9H2,(H2,21,23)/b16-10-. The number of carbonyl (C=O) groups excluding carboxylic acids is 2. The number of non-ortho nitro benzene ring substituents is 2. The van der Waals surface area contributed by atoms with Crippen LogP contribution in [0.3, 0.4) is 0 Å². The van der Waals surface area contributed by atoms with E-state index in [2.05, 4.69) is 15.2 Å². The molecule has 164 valence electrons. The first-order valence-corrected chi connectivity index (χ1v) is 9.32. The summed E-state index contributed by atoms with van der Waals surface area (Å²) >= 11 is 0. The number of ketones is 2. The van der Waals surface area contributed by atoms with Gasteiger partial charge in [0, 0.05) is 41.5 Å². The summed E-state index contributed by atoms with van der Waals surface area (Å²) in [4.78, 5) is 50.6.